The number of hydrogen-bond acceptors (Lipinski definition) is 5. The lowest BCUT2D eigenvalue weighted by molar-refractivity contribution is -0.383. The van der Waals surface area contributed by atoms with Crippen LogP contribution in [0, 0.1) is 10.1 Å². The Labute approximate surface area is 120 Å². The van der Waals surface area contributed by atoms with Crippen LogP contribution in [0.25, 0.3) is 0 Å². The molecule has 0 heterocycles. The van der Waals surface area contributed by atoms with Gasteiger partial charge in [-0.2, -0.15) is 0 Å². The SMILES string of the molecule is COCCN(C)c1cc(NC(=O)O)c([N+](=O)[O-])cc1Cl. The van der Waals surface area contributed by atoms with Gasteiger partial charge in [0, 0.05) is 26.8 Å². The highest BCUT2D eigenvalue weighted by molar-refractivity contribution is 6.33. The zero-order valence-electron chi connectivity index (χ0n) is 10.9. The third-order valence-electron chi connectivity index (χ3n) is 2.55. The van der Waals surface area contributed by atoms with Gasteiger partial charge >= 0.3 is 6.09 Å². The Morgan fingerprint density at radius 1 is 1.60 bits per heavy atom. The van der Waals surface area contributed by atoms with Crippen molar-refractivity contribution in [3.05, 3.63) is 27.3 Å². The second-order valence-corrected chi connectivity index (χ2v) is 4.33. The van der Waals surface area contributed by atoms with Crippen LogP contribution in [0.2, 0.25) is 5.02 Å². The maximum atomic E-state index is 10.9. The molecule has 0 radical (unpaired) electrons. The Hall–Kier alpha value is -2.06. The normalized spacial score (nSPS) is 10.2. The first-order valence-corrected chi connectivity index (χ1v) is 5.92. The number of hydrogen-bond donors (Lipinski definition) is 2. The first-order valence-electron chi connectivity index (χ1n) is 5.54. The lowest BCUT2D eigenvalue weighted by Gasteiger charge is -2.20. The number of rotatable bonds is 6. The largest absolute Gasteiger partial charge is 0.465 e. The van der Waals surface area contributed by atoms with Gasteiger partial charge in [0.05, 0.1) is 22.2 Å². The fourth-order valence-electron chi connectivity index (χ4n) is 1.56. The van der Waals surface area contributed by atoms with Crippen LogP contribution in [-0.4, -0.2) is 43.4 Å². The molecule has 1 rings (SSSR count). The summed E-state index contributed by atoms with van der Waals surface area (Å²) in [5.74, 6) is 0. The highest BCUT2D eigenvalue weighted by Crippen LogP contribution is 2.35. The van der Waals surface area contributed by atoms with Crippen LogP contribution in [-0.2, 0) is 4.74 Å². The molecule has 0 aliphatic rings. The molecule has 2 N–H and O–H groups in total. The van der Waals surface area contributed by atoms with Crippen LogP contribution < -0.4 is 10.2 Å². The van der Waals surface area contributed by atoms with E-state index in [1.54, 1.807) is 19.1 Å². The van der Waals surface area contributed by atoms with Crippen molar-refractivity contribution in [3.63, 3.8) is 0 Å². The van der Waals surface area contributed by atoms with Crippen molar-refractivity contribution in [2.24, 2.45) is 0 Å². The van der Waals surface area contributed by atoms with Gasteiger partial charge in [-0.15, -0.1) is 0 Å². The van der Waals surface area contributed by atoms with E-state index in [4.69, 9.17) is 21.4 Å². The topological polar surface area (TPSA) is 105 Å². The van der Waals surface area contributed by atoms with Gasteiger partial charge in [-0.05, 0) is 6.07 Å². The number of nitrogens with zero attached hydrogens (tertiary/aromatic N) is 2. The van der Waals surface area contributed by atoms with Gasteiger partial charge < -0.3 is 14.7 Å². The zero-order valence-corrected chi connectivity index (χ0v) is 11.7. The fraction of sp³-hybridized carbons (Fsp3) is 0.364. The van der Waals surface area contributed by atoms with E-state index in [1.807, 2.05) is 5.32 Å². The van der Waals surface area contributed by atoms with Crippen LogP contribution >= 0.6 is 11.6 Å². The van der Waals surface area contributed by atoms with Gasteiger partial charge in [0.1, 0.15) is 5.69 Å². The van der Waals surface area contributed by atoms with E-state index in [2.05, 4.69) is 0 Å². The van der Waals surface area contributed by atoms with Crippen LogP contribution in [0.4, 0.5) is 21.9 Å². The number of nitro groups is 1. The molecule has 8 nitrogen and oxygen atoms in total. The Balaban J connectivity index is 3.19. The molecule has 0 spiro atoms. The lowest BCUT2D eigenvalue weighted by Crippen LogP contribution is -2.22. The molecule has 0 aromatic heterocycles. The van der Waals surface area contributed by atoms with Crippen molar-refractivity contribution < 1.29 is 19.6 Å². The first kappa shape index (κ1) is 16.0. The van der Waals surface area contributed by atoms with Crippen LogP contribution in [0.5, 0.6) is 0 Å². The summed E-state index contributed by atoms with van der Waals surface area (Å²) in [5.41, 5.74) is -0.0643. The van der Waals surface area contributed by atoms with Gasteiger partial charge in [0.25, 0.3) is 5.69 Å². The second kappa shape index (κ2) is 6.92. The quantitative estimate of drug-likeness (QED) is 0.617. The Morgan fingerprint density at radius 2 is 2.25 bits per heavy atom. The average Bonchev–Trinajstić information content (AvgIpc) is 2.36. The number of ether oxygens (including phenoxy) is 1. The number of likely N-dealkylation sites (N-methyl/N-ethyl adjacent to an activating group) is 1. The van der Waals surface area contributed by atoms with Gasteiger partial charge in [-0.25, -0.2) is 4.79 Å². The van der Waals surface area contributed by atoms with Crippen LogP contribution in [0.1, 0.15) is 0 Å². The lowest BCUT2D eigenvalue weighted by atomic mass is 10.2. The number of methoxy groups -OCH3 is 1. The highest BCUT2D eigenvalue weighted by atomic mass is 35.5. The van der Waals surface area contributed by atoms with Crippen molar-refractivity contribution in [1.29, 1.82) is 0 Å². The minimum absolute atomic E-state index is 0.133. The zero-order chi connectivity index (χ0) is 15.3. The molecule has 0 atom stereocenters. The van der Waals surface area contributed by atoms with E-state index in [0.29, 0.717) is 18.8 Å². The summed E-state index contributed by atoms with van der Waals surface area (Å²) < 4.78 is 4.93. The number of carboxylic acid groups (broad SMARTS) is 1. The summed E-state index contributed by atoms with van der Waals surface area (Å²) >= 11 is 5.99. The van der Waals surface area contributed by atoms with Crippen molar-refractivity contribution in [2.75, 3.05) is 37.5 Å². The van der Waals surface area contributed by atoms with Crippen molar-refractivity contribution in [1.82, 2.24) is 0 Å². The van der Waals surface area contributed by atoms with Crippen molar-refractivity contribution in [3.8, 4) is 0 Å². The molecular formula is C11H14ClN3O5. The number of carbonyl (C=O) groups is 1. The fourth-order valence-corrected chi connectivity index (χ4v) is 1.86. The number of anilines is 2. The molecule has 1 aromatic rings. The number of halogens is 1. The van der Waals surface area contributed by atoms with Crippen molar-refractivity contribution >= 4 is 34.8 Å². The molecule has 0 aliphatic carbocycles. The van der Waals surface area contributed by atoms with Gasteiger partial charge in [-0.1, -0.05) is 11.6 Å². The predicted octanol–water partition coefficient (Wildman–Crippen LogP) is 2.42. The summed E-state index contributed by atoms with van der Waals surface area (Å²) in [5, 5.41) is 21.8. The van der Waals surface area contributed by atoms with E-state index in [0.717, 1.165) is 6.07 Å². The molecule has 110 valence electrons. The van der Waals surface area contributed by atoms with Crippen LogP contribution in [0.3, 0.4) is 0 Å². The maximum Gasteiger partial charge on any atom is 0.409 e. The first-order chi connectivity index (χ1) is 9.36. The van der Waals surface area contributed by atoms with E-state index < -0.39 is 16.7 Å². The molecule has 1 amide bonds. The third kappa shape index (κ3) is 3.97. The molecule has 20 heavy (non-hydrogen) atoms. The smallest absolute Gasteiger partial charge is 0.409 e. The predicted molar refractivity (Wildman–Crippen MR) is 74.9 cm³/mol. The molecule has 0 fully saturated rings. The summed E-state index contributed by atoms with van der Waals surface area (Å²) in [6.07, 6.45) is -1.39. The maximum absolute atomic E-state index is 10.9. The number of amides is 1. The second-order valence-electron chi connectivity index (χ2n) is 3.92. The summed E-state index contributed by atoms with van der Waals surface area (Å²) in [4.78, 5) is 22.6. The Kier molecular flexibility index (Phi) is 5.53. The minimum atomic E-state index is -1.39. The third-order valence-corrected chi connectivity index (χ3v) is 2.85. The molecular weight excluding hydrogens is 290 g/mol. The Morgan fingerprint density at radius 3 is 2.75 bits per heavy atom. The number of nitrogens with one attached hydrogen (secondary N) is 1. The Bertz CT molecular complexity index is 523. The van der Waals surface area contributed by atoms with Gasteiger partial charge in [0.15, 0.2) is 0 Å². The summed E-state index contributed by atoms with van der Waals surface area (Å²) in [7, 11) is 3.26. The molecule has 0 aliphatic heterocycles. The molecule has 0 unspecified atom stereocenters. The standard InChI is InChI=1S/C11H14ClN3O5/c1-14(3-4-20-2)9-6-8(13-11(16)17)10(15(18)19)5-7(9)12/h5-6,13H,3-4H2,1-2H3,(H,16,17). The number of nitro benzene ring substituents is 1. The molecule has 0 saturated carbocycles. The van der Waals surface area contributed by atoms with Crippen LogP contribution in [0.15, 0.2) is 12.1 Å². The van der Waals surface area contributed by atoms with E-state index >= 15 is 0 Å². The molecule has 1 aromatic carbocycles. The average molecular weight is 304 g/mol. The van der Waals surface area contributed by atoms with E-state index in [9.17, 15) is 14.9 Å². The van der Waals surface area contributed by atoms with Crippen molar-refractivity contribution in [2.45, 2.75) is 0 Å². The van der Waals surface area contributed by atoms with Gasteiger partial charge in [0.2, 0.25) is 0 Å². The van der Waals surface area contributed by atoms with Gasteiger partial charge in [-0.3, -0.25) is 15.4 Å². The van der Waals surface area contributed by atoms with E-state index in [1.165, 1.54) is 6.07 Å². The number of benzene rings is 1. The van der Waals surface area contributed by atoms with E-state index in [-0.39, 0.29) is 10.7 Å². The molecule has 0 saturated heterocycles. The minimum Gasteiger partial charge on any atom is -0.465 e. The summed E-state index contributed by atoms with van der Waals surface area (Å²) in [6.45, 7) is 0.937. The molecule has 0 bridgehead atoms. The summed E-state index contributed by atoms with van der Waals surface area (Å²) in [6, 6.07) is 2.44. The highest BCUT2D eigenvalue weighted by Gasteiger charge is 2.20. The molecule has 9 heteroatoms. The monoisotopic (exact) mass is 303 g/mol.